The summed E-state index contributed by atoms with van der Waals surface area (Å²) in [5.74, 6) is 2.15. The van der Waals surface area contributed by atoms with Crippen molar-refractivity contribution < 1.29 is 19.8 Å². The van der Waals surface area contributed by atoms with E-state index < -0.39 is 6.04 Å². The minimum atomic E-state index is -0.698. The molecule has 0 aromatic carbocycles. The topological polar surface area (TPSA) is 113 Å². The van der Waals surface area contributed by atoms with Crippen molar-refractivity contribution in [2.24, 2.45) is 28.9 Å². The number of nitrogens with one attached hydrogen (secondary N) is 1. The molecule has 2 rings (SSSR count). The number of carbonyl (C=O) groups is 2. The van der Waals surface area contributed by atoms with E-state index in [4.69, 9.17) is 15.9 Å². The molecule has 2 aliphatic rings. The first-order chi connectivity index (χ1) is 12.2. The Morgan fingerprint density at radius 3 is 2.23 bits per heavy atom. The zero-order valence-electron chi connectivity index (χ0n) is 17.2. The Balaban J connectivity index is 0.000000418. The van der Waals surface area contributed by atoms with Crippen LogP contribution in [-0.4, -0.2) is 47.7 Å². The number of aldehydes is 1. The molecule has 0 saturated heterocycles. The fraction of sp³-hybridized carbons (Fsp3) is 0.900. The minimum absolute atomic E-state index is 0.0856. The number of carbonyl (C=O) groups excluding carboxylic acids is 2. The highest BCUT2D eigenvalue weighted by molar-refractivity contribution is 5.83. The predicted octanol–water partition coefficient (Wildman–Crippen LogP) is 1.87. The summed E-state index contributed by atoms with van der Waals surface area (Å²) in [5.41, 5.74) is 5.97. The average molecular weight is 373 g/mol. The molecule has 5 atom stereocenters. The van der Waals surface area contributed by atoms with Gasteiger partial charge in [-0.15, -0.1) is 0 Å². The van der Waals surface area contributed by atoms with Gasteiger partial charge in [0.1, 0.15) is 6.29 Å². The summed E-state index contributed by atoms with van der Waals surface area (Å²) in [4.78, 5) is 21.1. The highest BCUT2D eigenvalue weighted by Gasteiger charge is 2.49. The van der Waals surface area contributed by atoms with Crippen molar-refractivity contribution in [3.63, 3.8) is 0 Å². The summed E-state index contributed by atoms with van der Waals surface area (Å²) in [7, 11) is 0. The maximum atomic E-state index is 11.1. The van der Waals surface area contributed by atoms with Crippen LogP contribution in [0.2, 0.25) is 0 Å². The molecule has 26 heavy (non-hydrogen) atoms. The molecule has 2 fully saturated rings. The number of hydrogen-bond acceptors (Lipinski definition) is 5. The Labute approximate surface area is 158 Å². The van der Waals surface area contributed by atoms with Gasteiger partial charge in [0.15, 0.2) is 0 Å². The van der Waals surface area contributed by atoms with Gasteiger partial charge in [0, 0.05) is 25.7 Å². The predicted molar refractivity (Wildman–Crippen MR) is 104 cm³/mol. The molecule has 2 aliphatic carbocycles. The Hall–Kier alpha value is -0.980. The van der Waals surface area contributed by atoms with Gasteiger partial charge in [-0.05, 0) is 62.7 Å². The van der Waals surface area contributed by atoms with Crippen LogP contribution in [0.5, 0.6) is 0 Å². The maximum Gasteiger partial charge on any atom is 0.237 e. The molecule has 0 radical (unpaired) electrons. The first-order valence-corrected chi connectivity index (χ1v) is 9.87. The summed E-state index contributed by atoms with van der Waals surface area (Å²) >= 11 is 0. The van der Waals surface area contributed by atoms with Gasteiger partial charge in [0.25, 0.3) is 0 Å². The van der Waals surface area contributed by atoms with Gasteiger partial charge in [-0.25, -0.2) is 0 Å². The van der Waals surface area contributed by atoms with Crippen LogP contribution in [0.15, 0.2) is 0 Å². The fourth-order valence-electron chi connectivity index (χ4n) is 3.83. The maximum absolute atomic E-state index is 11.1. The molecule has 0 heterocycles. The lowest BCUT2D eigenvalue weighted by atomic mass is 9.73. The number of fused-ring (bicyclic) bond motifs is 2. The van der Waals surface area contributed by atoms with Crippen LogP contribution in [0.25, 0.3) is 0 Å². The number of aliphatic hydroxyl groups excluding tert-OH is 2. The van der Waals surface area contributed by atoms with E-state index >= 15 is 0 Å². The van der Waals surface area contributed by atoms with Crippen molar-refractivity contribution in [1.82, 2.24) is 5.32 Å². The fourth-order valence-corrected chi connectivity index (χ4v) is 3.83. The van der Waals surface area contributed by atoms with Crippen LogP contribution in [0.4, 0.5) is 0 Å². The first kappa shape index (κ1) is 25.0. The highest BCUT2D eigenvalue weighted by Crippen LogP contribution is 2.57. The van der Waals surface area contributed by atoms with Gasteiger partial charge < -0.3 is 26.1 Å². The summed E-state index contributed by atoms with van der Waals surface area (Å²) in [6, 6.07) is -0.577. The third-order valence-corrected chi connectivity index (χ3v) is 5.66. The lowest BCUT2D eigenvalue weighted by Gasteiger charge is -2.33. The molecule has 5 unspecified atom stereocenters. The largest absolute Gasteiger partial charge is 0.397 e. The van der Waals surface area contributed by atoms with E-state index in [0.717, 1.165) is 18.3 Å². The number of aliphatic hydroxyl groups is 2. The van der Waals surface area contributed by atoms with E-state index in [1.54, 1.807) is 6.92 Å². The first-order valence-electron chi connectivity index (χ1n) is 9.87. The molecule has 0 aromatic heterocycles. The lowest BCUT2D eigenvalue weighted by molar-refractivity contribution is -0.124. The number of nitrogens with two attached hydrogens (primary N) is 1. The third kappa shape index (κ3) is 8.14. The monoisotopic (exact) mass is 372 g/mol. The van der Waals surface area contributed by atoms with Crippen molar-refractivity contribution >= 4 is 12.2 Å². The van der Waals surface area contributed by atoms with Crippen molar-refractivity contribution in [3.05, 3.63) is 0 Å². The van der Waals surface area contributed by atoms with Crippen molar-refractivity contribution in [2.75, 3.05) is 13.2 Å². The van der Waals surface area contributed by atoms with Crippen molar-refractivity contribution in [1.29, 1.82) is 0 Å². The molecule has 6 heteroatoms. The van der Waals surface area contributed by atoms with Gasteiger partial charge in [0.05, 0.1) is 6.04 Å². The number of hydrogen-bond donors (Lipinski definition) is 4. The molecule has 2 bridgehead atoms. The SMILES string of the molecule is CC1(C)CC2CC1CC2CO.CCC(C)NC(=O)C(N)CC=O.CCO. The standard InChI is InChI=1S/C10H18O.C8H16N2O2.C2H6O/c1-10(2)5-7-3-9(10)4-8(7)6-11;1-3-6(2)10-8(12)7(9)4-5-11;1-2-3/h7-9,11H,3-6H2,1-2H3;5-7H,3-4,9H2,1-2H3,(H,10,12);3H,2H2,1H3. The lowest BCUT2D eigenvalue weighted by Crippen LogP contribution is -2.44. The van der Waals surface area contributed by atoms with Gasteiger partial charge in [-0.3, -0.25) is 4.79 Å². The Kier molecular flexibility index (Phi) is 11.9. The molecule has 2 saturated carbocycles. The molecule has 0 aliphatic heterocycles. The van der Waals surface area contributed by atoms with Gasteiger partial charge in [-0.1, -0.05) is 20.8 Å². The second kappa shape index (κ2) is 12.4. The van der Waals surface area contributed by atoms with Crippen LogP contribution < -0.4 is 11.1 Å². The number of rotatable bonds is 6. The second-order valence-corrected chi connectivity index (χ2v) is 8.21. The molecule has 5 N–H and O–H groups in total. The van der Waals surface area contributed by atoms with E-state index in [0.29, 0.717) is 24.2 Å². The van der Waals surface area contributed by atoms with Crippen LogP contribution in [0.1, 0.15) is 66.7 Å². The van der Waals surface area contributed by atoms with E-state index in [1.165, 1.54) is 19.3 Å². The molecule has 6 nitrogen and oxygen atoms in total. The van der Waals surface area contributed by atoms with E-state index in [1.807, 2.05) is 13.8 Å². The van der Waals surface area contributed by atoms with Gasteiger partial charge in [-0.2, -0.15) is 0 Å². The summed E-state index contributed by atoms with van der Waals surface area (Å²) < 4.78 is 0. The Morgan fingerprint density at radius 2 is 1.88 bits per heavy atom. The van der Waals surface area contributed by atoms with E-state index in [2.05, 4.69) is 19.2 Å². The highest BCUT2D eigenvalue weighted by atomic mass is 16.3. The van der Waals surface area contributed by atoms with Gasteiger partial charge in [0.2, 0.25) is 5.91 Å². The zero-order chi connectivity index (χ0) is 20.3. The van der Waals surface area contributed by atoms with Crippen LogP contribution >= 0.6 is 0 Å². The molecular formula is C20H40N2O4. The quantitative estimate of drug-likeness (QED) is 0.532. The van der Waals surface area contributed by atoms with E-state index in [-0.39, 0.29) is 25.0 Å². The Bertz CT molecular complexity index is 415. The average Bonchev–Trinajstić information content (AvgIpc) is 3.11. The summed E-state index contributed by atoms with van der Waals surface area (Å²) in [6.45, 7) is 11.0. The molecule has 154 valence electrons. The second-order valence-electron chi connectivity index (χ2n) is 8.21. The molecular weight excluding hydrogens is 332 g/mol. The molecule has 0 spiro atoms. The zero-order valence-corrected chi connectivity index (χ0v) is 17.2. The molecule has 0 aromatic rings. The van der Waals surface area contributed by atoms with E-state index in [9.17, 15) is 9.59 Å². The van der Waals surface area contributed by atoms with Crippen LogP contribution in [0.3, 0.4) is 0 Å². The normalized spacial score (nSPS) is 27.3. The van der Waals surface area contributed by atoms with Crippen LogP contribution in [0, 0.1) is 23.2 Å². The summed E-state index contributed by atoms with van der Waals surface area (Å²) in [5, 5.41) is 19.3. The Morgan fingerprint density at radius 1 is 1.31 bits per heavy atom. The number of amides is 1. The summed E-state index contributed by atoms with van der Waals surface area (Å²) in [6.07, 6.45) is 5.62. The van der Waals surface area contributed by atoms with Gasteiger partial charge >= 0.3 is 0 Å². The minimum Gasteiger partial charge on any atom is -0.397 e. The van der Waals surface area contributed by atoms with Crippen molar-refractivity contribution in [2.45, 2.75) is 78.8 Å². The van der Waals surface area contributed by atoms with Crippen molar-refractivity contribution in [3.8, 4) is 0 Å². The smallest absolute Gasteiger partial charge is 0.237 e. The third-order valence-electron chi connectivity index (χ3n) is 5.66. The van der Waals surface area contributed by atoms with Crippen LogP contribution in [-0.2, 0) is 9.59 Å². The molecule has 1 amide bonds.